The van der Waals surface area contributed by atoms with Gasteiger partial charge in [-0.1, -0.05) is 300 Å². The minimum atomic E-state index is -0.777. The van der Waals surface area contributed by atoms with E-state index in [1.54, 1.807) is 0 Å². The topological polar surface area (TPSA) is 78.9 Å². The number of hydrogen-bond donors (Lipinski definition) is 0. The van der Waals surface area contributed by atoms with Crippen molar-refractivity contribution in [3.63, 3.8) is 0 Å². The van der Waals surface area contributed by atoms with Gasteiger partial charge in [-0.15, -0.1) is 0 Å². The Labute approximate surface area is 472 Å². The molecule has 0 aliphatic carbocycles. The van der Waals surface area contributed by atoms with Gasteiger partial charge in [0.05, 0.1) is 0 Å². The third-order valence-corrected chi connectivity index (χ3v) is 14.7. The second-order valence-electron chi connectivity index (χ2n) is 22.4. The molecule has 0 N–H and O–H groups in total. The van der Waals surface area contributed by atoms with Crippen LogP contribution in [0.15, 0.2) is 60.8 Å². The number of carbonyl (C=O) groups is 3. The summed E-state index contributed by atoms with van der Waals surface area (Å²) in [5.74, 6) is -0.866. The number of allylic oxidation sites excluding steroid dienone is 10. The van der Waals surface area contributed by atoms with Crippen LogP contribution in [0.4, 0.5) is 0 Å². The van der Waals surface area contributed by atoms with Crippen molar-refractivity contribution in [1.82, 2.24) is 0 Å². The maximum absolute atomic E-state index is 12.9. The van der Waals surface area contributed by atoms with Crippen LogP contribution in [0.5, 0.6) is 0 Å². The summed E-state index contributed by atoms with van der Waals surface area (Å²) in [4.78, 5) is 38.3. The van der Waals surface area contributed by atoms with E-state index in [0.29, 0.717) is 19.3 Å². The molecule has 0 aliphatic heterocycles. The van der Waals surface area contributed by atoms with Crippen LogP contribution in [-0.4, -0.2) is 37.2 Å². The summed E-state index contributed by atoms with van der Waals surface area (Å²) >= 11 is 0. The van der Waals surface area contributed by atoms with Gasteiger partial charge >= 0.3 is 17.9 Å². The molecule has 0 aromatic heterocycles. The smallest absolute Gasteiger partial charge is 0.306 e. The fourth-order valence-electron chi connectivity index (χ4n) is 9.72. The van der Waals surface area contributed by atoms with Crippen LogP contribution >= 0.6 is 0 Å². The molecular weight excluding hydrogens is 937 g/mol. The first-order valence-electron chi connectivity index (χ1n) is 33.3. The predicted molar refractivity (Wildman–Crippen MR) is 330 cm³/mol. The molecule has 0 aromatic carbocycles. The standard InChI is InChI=1S/C70H126O6/c1-4-7-10-13-16-19-22-24-26-28-30-32-34-35-37-38-40-42-44-46-48-51-54-57-60-63-69(72)75-66-67(65-74-68(71)62-59-56-53-50-21-18-15-12-9-6-3)76-70(73)64-61-58-55-52-49-47-45-43-41-39-36-33-31-29-27-25-23-20-17-14-11-8-5-2/h22-25,28-31,36,39,67H,4-21,26-27,32-35,37-38,40-66H2,1-3H3/b24-22-,25-23-,30-28-,31-29-,39-36-. The van der Waals surface area contributed by atoms with Gasteiger partial charge in [0.15, 0.2) is 6.10 Å². The highest BCUT2D eigenvalue weighted by Crippen LogP contribution is 2.17. The Morgan fingerprint density at radius 2 is 0.474 bits per heavy atom. The average Bonchev–Trinajstić information content (AvgIpc) is 3.42. The lowest BCUT2D eigenvalue weighted by Crippen LogP contribution is -2.30. The van der Waals surface area contributed by atoms with Crippen molar-refractivity contribution in [2.24, 2.45) is 0 Å². The number of ether oxygens (including phenoxy) is 3. The maximum Gasteiger partial charge on any atom is 0.306 e. The molecule has 0 fully saturated rings. The highest BCUT2D eigenvalue weighted by Gasteiger charge is 2.19. The van der Waals surface area contributed by atoms with Crippen molar-refractivity contribution >= 4 is 17.9 Å². The first-order valence-corrected chi connectivity index (χ1v) is 33.3. The molecule has 0 bridgehead atoms. The Hall–Kier alpha value is -2.89. The van der Waals surface area contributed by atoms with Crippen LogP contribution in [-0.2, 0) is 28.6 Å². The zero-order valence-electron chi connectivity index (χ0n) is 50.8. The molecule has 0 aliphatic rings. The Kier molecular flexibility index (Phi) is 62.2. The van der Waals surface area contributed by atoms with Crippen molar-refractivity contribution in [2.75, 3.05) is 13.2 Å². The first-order chi connectivity index (χ1) is 37.5. The third-order valence-electron chi connectivity index (χ3n) is 14.7. The summed E-state index contributed by atoms with van der Waals surface area (Å²) < 4.78 is 16.9. The van der Waals surface area contributed by atoms with Crippen molar-refractivity contribution in [3.05, 3.63) is 60.8 Å². The monoisotopic (exact) mass is 1060 g/mol. The third kappa shape index (κ3) is 62.0. The number of rotatable bonds is 61. The van der Waals surface area contributed by atoms with E-state index in [2.05, 4.69) is 81.5 Å². The lowest BCUT2D eigenvalue weighted by atomic mass is 10.0. The fraction of sp³-hybridized carbons (Fsp3) is 0.814. The van der Waals surface area contributed by atoms with E-state index in [1.165, 1.54) is 225 Å². The minimum Gasteiger partial charge on any atom is -0.462 e. The van der Waals surface area contributed by atoms with Crippen LogP contribution in [0.2, 0.25) is 0 Å². The maximum atomic E-state index is 12.9. The predicted octanol–water partition coefficient (Wildman–Crippen LogP) is 22.7. The molecule has 0 spiro atoms. The van der Waals surface area contributed by atoms with Crippen LogP contribution in [0.25, 0.3) is 0 Å². The molecule has 1 atom stereocenters. The van der Waals surface area contributed by atoms with Gasteiger partial charge in [0.1, 0.15) is 13.2 Å². The first kappa shape index (κ1) is 73.1. The van der Waals surface area contributed by atoms with Gasteiger partial charge < -0.3 is 14.2 Å². The fourth-order valence-corrected chi connectivity index (χ4v) is 9.72. The second kappa shape index (κ2) is 64.6. The summed E-state index contributed by atoms with van der Waals surface area (Å²) in [6.07, 6.45) is 82.4. The molecule has 76 heavy (non-hydrogen) atoms. The van der Waals surface area contributed by atoms with Gasteiger partial charge in [0.25, 0.3) is 0 Å². The highest BCUT2D eigenvalue weighted by molar-refractivity contribution is 5.71. The van der Waals surface area contributed by atoms with Crippen LogP contribution < -0.4 is 0 Å². The van der Waals surface area contributed by atoms with Crippen molar-refractivity contribution in [2.45, 2.75) is 354 Å². The molecule has 0 aromatic rings. The van der Waals surface area contributed by atoms with E-state index in [9.17, 15) is 14.4 Å². The van der Waals surface area contributed by atoms with E-state index in [-0.39, 0.29) is 31.1 Å². The van der Waals surface area contributed by atoms with E-state index >= 15 is 0 Å². The lowest BCUT2D eigenvalue weighted by molar-refractivity contribution is -0.167. The van der Waals surface area contributed by atoms with E-state index in [1.807, 2.05) is 0 Å². The molecule has 0 radical (unpaired) electrons. The van der Waals surface area contributed by atoms with Crippen molar-refractivity contribution < 1.29 is 28.6 Å². The Bertz CT molecular complexity index is 1360. The van der Waals surface area contributed by atoms with Crippen LogP contribution in [0.3, 0.4) is 0 Å². The summed E-state index contributed by atoms with van der Waals surface area (Å²) in [6, 6.07) is 0. The Balaban J connectivity index is 4.23. The molecular formula is C70H126O6. The summed E-state index contributed by atoms with van der Waals surface area (Å²) in [7, 11) is 0. The number of hydrogen-bond acceptors (Lipinski definition) is 6. The molecule has 0 rings (SSSR count). The SMILES string of the molecule is CCCCCCC/C=C\C/C=C\C/C=C\CCCCCCCCCCC(=O)OC(COC(=O)CCCCCCCCCCCC)COC(=O)CCCCCCCCCCCCCCC/C=C\C/C=C\CCCCCCC. The van der Waals surface area contributed by atoms with Crippen LogP contribution in [0, 0.1) is 0 Å². The highest BCUT2D eigenvalue weighted by atomic mass is 16.6. The van der Waals surface area contributed by atoms with E-state index in [0.717, 1.165) is 83.5 Å². The quantitative estimate of drug-likeness (QED) is 0.0261. The van der Waals surface area contributed by atoms with Gasteiger partial charge in [0, 0.05) is 19.3 Å². The zero-order chi connectivity index (χ0) is 55.0. The normalized spacial score (nSPS) is 12.4. The lowest BCUT2D eigenvalue weighted by Gasteiger charge is -2.18. The van der Waals surface area contributed by atoms with Crippen LogP contribution in [0.1, 0.15) is 348 Å². The molecule has 0 saturated heterocycles. The largest absolute Gasteiger partial charge is 0.462 e. The summed E-state index contributed by atoms with van der Waals surface area (Å²) in [5.41, 5.74) is 0. The number of carbonyl (C=O) groups excluding carboxylic acids is 3. The van der Waals surface area contributed by atoms with Crippen molar-refractivity contribution in [3.8, 4) is 0 Å². The van der Waals surface area contributed by atoms with Gasteiger partial charge in [-0.2, -0.15) is 0 Å². The average molecular weight is 1060 g/mol. The second-order valence-corrected chi connectivity index (χ2v) is 22.4. The molecule has 442 valence electrons. The molecule has 0 saturated carbocycles. The van der Waals surface area contributed by atoms with Crippen molar-refractivity contribution in [1.29, 1.82) is 0 Å². The number of unbranched alkanes of at least 4 members (excludes halogenated alkanes) is 40. The van der Waals surface area contributed by atoms with Gasteiger partial charge in [0.2, 0.25) is 0 Å². The summed E-state index contributed by atoms with van der Waals surface area (Å²) in [5, 5.41) is 0. The Morgan fingerprint density at radius 3 is 0.737 bits per heavy atom. The number of esters is 3. The Morgan fingerprint density at radius 1 is 0.263 bits per heavy atom. The molecule has 0 amide bonds. The van der Waals surface area contributed by atoms with Gasteiger partial charge in [-0.3, -0.25) is 14.4 Å². The van der Waals surface area contributed by atoms with E-state index < -0.39 is 6.10 Å². The molecule has 0 heterocycles. The molecule has 6 nitrogen and oxygen atoms in total. The minimum absolute atomic E-state index is 0.0741. The van der Waals surface area contributed by atoms with E-state index in [4.69, 9.17) is 14.2 Å². The summed E-state index contributed by atoms with van der Waals surface area (Å²) in [6.45, 7) is 6.64. The van der Waals surface area contributed by atoms with Gasteiger partial charge in [-0.05, 0) is 89.9 Å². The molecule has 1 unspecified atom stereocenters. The molecule has 6 heteroatoms. The van der Waals surface area contributed by atoms with Gasteiger partial charge in [-0.25, -0.2) is 0 Å². The zero-order valence-corrected chi connectivity index (χ0v) is 50.8.